The molecule has 4 aromatic rings. The molecule has 6 nitrogen and oxygen atoms in total. The first-order valence-corrected chi connectivity index (χ1v) is 10.7. The molecular weight excluding hydrogens is 450 g/mol. The molecule has 0 bridgehead atoms. The molecule has 0 unspecified atom stereocenters. The van der Waals surface area contributed by atoms with Crippen molar-refractivity contribution < 1.29 is 30.7 Å². The zero-order chi connectivity index (χ0) is 23.1. The number of nitrogens with one attached hydrogen (secondary N) is 1. The quantitative estimate of drug-likeness (QED) is 0.421. The summed E-state index contributed by atoms with van der Waals surface area (Å²) in [7, 11) is -4.08. The van der Waals surface area contributed by atoms with Gasteiger partial charge in [0.25, 0.3) is 0 Å². The van der Waals surface area contributed by atoms with Gasteiger partial charge in [0, 0.05) is 5.56 Å². The minimum Gasteiger partial charge on any atom is -0.486 e. The number of sulfonamides is 1. The number of hydrogen-bond donors (Lipinski definition) is 2. The summed E-state index contributed by atoms with van der Waals surface area (Å²) >= 11 is 0. The smallest absolute Gasteiger partial charge is 0.416 e. The van der Waals surface area contributed by atoms with E-state index < -0.39 is 27.6 Å². The fraction of sp³-hybridized carbons (Fsp3) is 0.0952. The first-order valence-electron chi connectivity index (χ1n) is 9.12. The van der Waals surface area contributed by atoms with E-state index in [1.807, 2.05) is 0 Å². The third kappa shape index (κ3) is 4.58. The maximum atomic E-state index is 13.8. The van der Waals surface area contributed by atoms with Crippen LogP contribution in [0.3, 0.4) is 0 Å². The molecule has 0 radical (unpaired) electrons. The highest BCUT2D eigenvalue weighted by atomic mass is 32.2. The van der Waals surface area contributed by atoms with E-state index in [0.29, 0.717) is 22.4 Å². The SMILES string of the molecule is NS(=O)(=O)c1ccc(F)cc1-c1ccc2[nH]c(COc3ccc(C(F)(F)F)cc3)nc2c1. The van der Waals surface area contributed by atoms with E-state index in [2.05, 4.69) is 9.97 Å². The molecule has 0 saturated heterocycles. The topological polar surface area (TPSA) is 98.1 Å². The average molecular weight is 465 g/mol. The van der Waals surface area contributed by atoms with Gasteiger partial charge in [-0.05, 0) is 60.2 Å². The van der Waals surface area contributed by atoms with Crippen LogP contribution in [-0.4, -0.2) is 18.4 Å². The summed E-state index contributed by atoms with van der Waals surface area (Å²) in [4.78, 5) is 7.13. The molecule has 0 amide bonds. The van der Waals surface area contributed by atoms with Gasteiger partial charge in [0.1, 0.15) is 24.0 Å². The van der Waals surface area contributed by atoms with E-state index in [1.54, 1.807) is 18.2 Å². The van der Waals surface area contributed by atoms with Crippen LogP contribution < -0.4 is 9.88 Å². The molecule has 0 atom stereocenters. The molecular formula is C21H15F4N3O3S. The van der Waals surface area contributed by atoms with Crippen LogP contribution in [0.25, 0.3) is 22.2 Å². The molecule has 11 heteroatoms. The number of halogens is 4. The van der Waals surface area contributed by atoms with Crippen molar-refractivity contribution in [3.8, 4) is 16.9 Å². The van der Waals surface area contributed by atoms with Crippen molar-refractivity contribution >= 4 is 21.1 Å². The lowest BCUT2D eigenvalue weighted by Crippen LogP contribution is -2.13. The number of primary sulfonamides is 1. The number of H-pyrrole nitrogens is 1. The van der Waals surface area contributed by atoms with Gasteiger partial charge in [0.2, 0.25) is 10.0 Å². The van der Waals surface area contributed by atoms with Crippen LogP contribution in [0, 0.1) is 5.82 Å². The molecule has 166 valence electrons. The first-order chi connectivity index (χ1) is 15.0. The van der Waals surface area contributed by atoms with Crippen LogP contribution in [-0.2, 0) is 22.8 Å². The fourth-order valence-electron chi connectivity index (χ4n) is 3.16. The number of ether oxygens (including phenoxy) is 1. The third-order valence-electron chi connectivity index (χ3n) is 4.65. The summed E-state index contributed by atoms with van der Waals surface area (Å²) in [5, 5.41) is 5.24. The summed E-state index contributed by atoms with van der Waals surface area (Å²) < 4.78 is 80.9. The fourth-order valence-corrected chi connectivity index (χ4v) is 3.90. The Bertz CT molecular complexity index is 1400. The predicted molar refractivity (Wildman–Crippen MR) is 109 cm³/mol. The van der Waals surface area contributed by atoms with E-state index in [4.69, 9.17) is 9.88 Å². The summed E-state index contributed by atoms with van der Waals surface area (Å²) in [5.41, 5.74) is 0.770. The van der Waals surface area contributed by atoms with Crippen LogP contribution in [0.2, 0.25) is 0 Å². The molecule has 0 fully saturated rings. The lowest BCUT2D eigenvalue weighted by molar-refractivity contribution is -0.137. The standard InChI is InChI=1S/C21H15F4N3O3S/c22-14-4-8-19(32(26,29)30)16(10-14)12-1-7-17-18(9-12)28-20(27-17)11-31-15-5-2-13(3-6-15)21(23,24)25/h1-10H,11H2,(H,27,28)(H2,26,29,30). The number of aromatic amines is 1. The molecule has 0 aliphatic carbocycles. The lowest BCUT2D eigenvalue weighted by Gasteiger charge is -2.08. The van der Waals surface area contributed by atoms with E-state index in [9.17, 15) is 26.0 Å². The largest absolute Gasteiger partial charge is 0.486 e. The van der Waals surface area contributed by atoms with Gasteiger partial charge >= 0.3 is 6.18 Å². The van der Waals surface area contributed by atoms with Crippen LogP contribution in [0.5, 0.6) is 5.75 Å². The van der Waals surface area contributed by atoms with Crippen LogP contribution >= 0.6 is 0 Å². The second-order valence-corrected chi connectivity index (χ2v) is 8.44. The zero-order valence-electron chi connectivity index (χ0n) is 16.2. The Labute approximate surface area is 179 Å². The molecule has 0 aliphatic heterocycles. The van der Waals surface area contributed by atoms with E-state index in [1.165, 1.54) is 12.1 Å². The Morgan fingerprint density at radius 3 is 2.38 bits per heavy atom. The number of alkyl halides is 3. The molecule has 1 heterocycles. The molecule has 0 spiro atoms. The van der Waals surface area contributed by atoms with Gasteiger partial charge in [-0.25, -0.2) is 22.9 Å². The van der Waals surface area contributed by atoms with Crippen molar-refractivity contribution in [3.63, 3.8) is 0 Å². The Hall–Kier alpha value is -3.44. The molecule has 3 aromatic carbocycles. The van der Waals surface area contributed by atoms with Crippen LogP contribution in [0.4, 0.5) is 17.6 Å². The summed E-state index contributed by atoms with van der Waals surface area (Å²) in [6.07, 6.45) is -4.43. The van der Waals surface area contributed by atoms with Crippen molar-refractivity contribution in [3.05, 3.63) is 77.9 Å². The van der Waals surface area contributed by atoms with Gasteiger partial charge in [-0.2, -0.15) is 13.2 Å². The molecule has 32 heavy (non-hydrogen) atoms. The van der Waals surface area contributed by atoms with Crippen LogP contribution in [0.1, 0.15) is 11.4 Å². The van der Waals surface area contributed by atoms with Gasteiger partial charge in [-0.1, -0.05) is 6.07 Å². The van der Waals surface area contributed by atoms with Crippen molar-refractivity contribution in [2.45, 2.75) is 17.7 Å². The number of nitrogens with two attached hydrogens (primary N) is 1. The van der Waals surface area contributed by atoms with Crippen LogP contribution in [0.15, 0.2) is 65.6 Å². The zero-order valence-corrected chi connectivity index (χ0v) is 17.0. The number of nitrogens with zero attached hydrogens (tertiary/aromatic N) is 1. The van der Waals surface area contributed by atoms with Crippen molar-refractivity contribution in [1.29, 1.82) is 0 Å². The number of benzene rings is 3. The normalized spacial score (nSPS) is 12.3. The predicted octanol–water partition coefficient (Wildman–Crippen LogP) is 4.61. The highest BCUT2D eigenvalue weighted by molar-refractivity contribution is 7.89. The van der Waals surface area contributed by atoms with E-state index >= 15 is 0 Å². The Morgan fingerprint density at radius 1 is 1.00 bits per heavy atom. The molecule has 1 aromatic heterocycles. The summed E-state index contributed by atoms with van der Waals surface area (Å²) in [6.45, 7) is -0.0439. The minimum atomic E-state index is -4.43. The Kier molecular flexibility index (Phi) is 5.39. The number of fused-ring (bicyclic) bond motifs is 1. The maximum Gasteiger partial charge on any atom is 0.416 e. The van der Waals surface area contributed by atoms with Gasteiger partial charge in [0.15, 0.2) is 0 Å². The number of imidazole rings is 1. The minimum absolute atomic E-state index is 0.0439. The third-order valence-corrected chi connectivity index (χ3v) is 5.62. The van der Waals surface area contributed by atoms with E-state index in [0.717, 1.165) is 30.3 Å². The molecule has 0 saturated carbocycles. The number of rotatable bonds is 5. The maximum absolute atomic E-state index is 13.8. The monoisotopic (exact) mass is 465 g/mol. The van der Waals surface area contributed by atoms with Crippen molar-refractivity contribution in [1.82, 2.24) is 9.97 Å². The molecule has 3 N–H and O–H groups in total. The Morgan fingerprint density at radius 2 is 1.72 bits per heavy atom. The first kappa shape index (κ1) is 21.8. The van der Waals surface area contributed by atoms with Gasteiger partial charge in [-0.15, -0.1) is 0 Å². The number of hydrogen-bond acceptors (Lipinski definition) is 4. The number of aromatic nitrogens is 2. The van der Waals surface area contributed by atoms with Gasteiger partial charge in [-0.3, -0.25) is 0 Å². The van der Waals surface area contributed by atoms with E-state index in [-0.39, 0.29) is 22.8 Å². The lowest BCUT2D eigenvalue weighted by atomic mass is 10.0. The van der Waals surface area contributed by atoms with Crippen molar-refractivity contribution in [2.75, 3.05) is 0 Å². The van der Waals surface area contributed by atoms with Gasteiger partial charge < -0.3 is 9.72 Å². The molecule has 4 rings (SSSR count). The molecule has 0 aliphatic rings. The van der Waals surface area contributed by atoms with Crippen molar-refractivity contribution in [2.24, 2.45) is 5.14 Å². The highest BCUT2D eigenvalue weighted by Gasteiger charge is 2.30. The average Bonchev–Trinajstić information content (AvgIpc) is 3.13. The summed E-state index contributed by atoms with van der Waals surface area (Å²) in [6, 6.07) is 12.2. The second kappa shape index (κ2) is 7.92. The second-order valence-electron chi connectivity index (χ2n) is 6.91. The highest BCUT2D eigenvalue weighted by Crippen LogP contribution is 2.31. The summed E-state index contributed by atoms with van der Waals surface area (Å²) in [5.74, 6) is -0.000171. The Balaban J connectivity index is 1.59. The van der Waals surface area contributed by atoms with Gasteiger partial charge in [0.05, 0.1) is 21.5 Å².